The number of hydrogen-bond acceptors (Lipinski definition) is 3. The predicted octanol–water partition coefficient (Wildman–Crippen LogP) is 1.96. The normalized spacial score (nSPS) is 9.40. The minimum Gasteiger partial charge on any atom is -0.326 e. The molecule has 1 aromatic rings. The molecule has 0 aliphatic heterocycles. The molecule has 0 heterocycles. The number of nitrogens with zero attached hydrogens (tertiary/aromatic N) is 1. The van der Waals surface area contributed by atoms with Gasteiger partial charge in [0.1, 0.15) is 11.9 Å². The van der Waals surface area contributed by atoms with Gasteiger partial charge < -0.3 is 5.32 Å². The summed E-state index contributed by atoms with van der Waals surface area (Å²) in [6.07, 6.45) is 0.280. The van der Waals surface area contributed by atoms with Gasteiger partial charge in [-0.2, -0.15) is 17.9 Å². The van der Waals surface area contributed by atoms with E-state index in [1.54, 1.807) is 6.07 Å². The molecule has 0 bridgehead atoms. The van der Waals surface area contributed by atoms with Crippen LogP contribution in [0, 0.1) is 17.1 Å². The van der Waals surface area contributed by atoms with E-state index in [2.05, 4.69) is 17.9 Å². The van der Waals surface area contributed by atoms with Crippen LogP contribution in [0.25, 0.3) is 0 Å². The maximum atomic E-state index is 12.9. The van der Waals surface area contributed by atoms with Gasteiger partial charge in [0.2, 0.25) is 5.91 Å². The van der Waals surface area contributed by atoms with Crippen molar-refractivity contribution in [3.63, 3.8) is 0 Å². The molecule has 0 unspecified atom stereocenters. The molecule has 1 N–H and O–H groups in total. The van der Waals surface area contributed by atoms with E-state index in [1.807, 2.05) is 0 Å². The first-order valence-electron chi connectivity index (χ1n) is 4.27. The Labute approximate surface area is 92.3 Å². The van der Waals surface area contributed by atoms with Crippen LogP contribution in [0.2, 0.25) is 0 Å². The molecular formula is C10H9FN2OS. The zero-order valence-corrected chi connectivity index (χ0v) is 8.72. The fourth-order valence-corrected chi connectivity index (χ4v) is 1.22. The SMILES string of the molecule is N#Cc1cc(NC(=O)CCS)ccc1F. The third-order valence-corrected chi connectivity index (χ3v) is 1.93. The highest BCUT2D eigenvalue weighted by Crippen LogP contribution is 2.13. The average molecular weight is 224 g/mol. The van der Waals surface area contributed by atoms with Gasteiger partial charge in [0.05, 0.1) is 5.56 Å². The van der Waals surface area contributed by atoms with Gasteiger partial charge in [0.15, 0.2) is 0 Å². The summed E-state index contributed by atoms with van der Waals surface area (Å²) in [5.74, 6) is -0.358. The third-order valence-electron chi connectivity index (χ3n) is 1.71. The van der Waals surface area contributed by atoms with Crippen LogP contribution < -0.4 is 5.32 Å². The summed E-state index contributed by atoms with van der Waals surface area (Å²) < 4.78 is 12.9. The number of benzene rings is 1. The Morgan fingerprint density at radius 2 is 2.33 bits per heavy atom. The standard InChI is InChI=1S/C10H9FN2OS/c11-9-2-1-8(5-7(9)6-12)13-10(14)3-4-15/h1-2,5,15H,3-4H2,(H,13,14). The Balaban J connectivity index is 2.80. The molecule has 0 saturated heterocycles. The van der Waals surface area contributed by atoms with E-state index >= 15 is 0 Å². The molecule has 78 valence electrons. The van der Waals surface area contributed by atoms with Crippen molar-refractivity contribution >= 4 is 24.2 Å². The van der Waals surface area contributed by atoms with E-state index in [0.717, 1.165) is 6.07 Å². The van der Waals surface area contributed by atoms with Gasteiger partial charge in [-0.15, -0.1) is 0 Å². The number of thiol groups is 1. The van der Waals surface area contributed by atoms with E-state index in [0.29, 0.717) is 11.4 Å². The lowest BCUT2D eigenvalue weighted by Crippen LogP contribution is -2.11. The summed E-state index contributed by atoms with van der Waals surface area (Å²) in [7, 11) is 0. The van der Waals surface area contributed by atoms with E-state index in [4.69, 9.17) is 5.26 Å². The molecule has 0 aliphatic carbocycles. The number of carbonyl (C=O) groups is 1. The van der Waals surface area contributed by atoms with Crippen molar-refractivity contribution in [2.45, 2.75) is 6.42 Å². The Bertz CT molecular complexity index is 414. The van der Waals surface area contributed by atoms with Crippen LogP contribution in [0.5, 0.6) is 0 Å². The molecule has 3 nitrogen and oxygen atoms in total. The first-order chi connectivity index (χ1) is 7.17. The Kier molecular flexibility index (Phi) is 4.13. The molecule has 0 aliphatic rings. The van der Waals surface area contributed by atoms with E-state index in [-0.39, 0.29) is 17.9 Å². The highest BCUT2D eigenvalue weighted by Gasteiger charge is 2.05. The van der Waals surface area contributed by atoms with Gasteiger partial charge in [-0.05, 0) is 24.0 Å². The average Bonchev–Trinajstić information content (AvgIpc) is 2.21. The summed E-state index contributed by atoms with van der Waals surface area (Å²) in [5, 5.41) is 11.1. The number of rotatable bonds is 3. The molecule has 1 amide bonds. The minimum absolute atomic E-state index is 0.0846. The molecule has 0 fully saturated rings. The van der Waals surface area contributed by atoms with Gasteiger partial charge >= 0.3 is 0 Å². The molecule has 0 spiro atoms. The van der Waals surface area contributed by atoms with Crippen LogP contribution in [0.4, 0.5) is 10.1 Å². The molecule has 1 rings (SSSR count). The van der Waals surface area contributed by atoms with Crippen LogP contribution in [-0.2, 0) is 4.79 Å². The van der Waals surface area contributed by atoms with Crippen LogP contribution in [0.15, 0.2) is 18.2 Å². The summed E-state index contributed by atoms with van der Waals surface area (Å²) >= 11 is 3.91. The van der Waals surface area contributed by atoms with Crippen molar-refractivity contribution in [1.82, 2.24) is 0 Å². The Morgan fingerprint density at radius 3 is 2.93 bits per heavy atom. The van der Waals surface area contributed by atoms with Gasteiger partial charge in [0, 0.05) is 12.1 Å². The van der Waals surface area contributed by atoms with Gasteiger partial charge in [-0.25, -0.2) is 4.39 Å². The summed E-state index contributed by atoms with van der Waals surface area (Å²) in [6, 6.07) is 5.55. The Morgan fingerprint density at radius 1 is 1.60 bits per heavy atom. The number of hydrogen-bond donors (Lipinski definition) is 2. The van der Waals surface area contributed by atoms with Crippen molar-refractivity contribution in [2.75, 3.05) is 11.1 Å². The lowest BCUT2D eigenvalue weighted by molar-refractivity contribution is -0.115. The monoisotopic (exact) mass is 224 g/mol. The highest BCUT2D eigenvalue weighted by molar-refractivity contribution is 7.80. The molecule has 0 aromatic heterocycles. The highest BCUT2D eigenvalue weighted by atomic mass is 32.1. The summed E-state index contributed by atoms with van der Waals surface area (Å²) in [6.45, 7) is 0. The number of nitriles is 1. The molecular weight excluding hydrogens is 215 g/mol. The third kappa shape index (κ3) is 3.26. The van der Waals surface area contributed by atoms with Crippen molar-refractivity contribution in [3.05, 3.63) is 29.6 Å². The smallest absolute Gasteiger partial charge is 0.225 e. The molecule has 0 radical (unpaired) electrons. The van der Waals surface area contributed by atoms with Crippen molar-refractivity contribution < 1.29 is 9.18 Å². The van der Waals surface area contributed by atoms with E-state index in [9.17, 15) is 9.18 Å². The molecule has 1 aromatic carbocycles. The molecule has 0 saturated carbocycles. The lowest BCUT2D eigenvalue weighted by Gasteiger charge is -2.04. The maximum absolute atomic E-state index is 12.9. The first kappa shape index (κ1) is 11.5. The molecule has 5 heteroatoms. The van der Waals surface area contributed by atoms with Gasteiger partial charge in [-0.1, -0.05) is 0 Å². The predicted molar refractivity (Wildman–Crippen MR) is 58.2 cm³/mol. The van der Waals surface area contributed by atoms with Crippen LogP contribution in [0.1, 0.15) is 12.0 Å². The van der Waals surface area contributed by atoms with E-state index < -0.39 is 5.82 Å². The van der Waals surface area contributed by atoms with Crippen LogP contribution in [0.3, 0.4) is 0 Å². The summed E-state index contributed by atoms with van der Waals surface area (Å²) in [5.41, 5.74) is 0.332. The number of amides is 1. The maximum Gasteiger partial charge on any atom is 0.225 e. The fourth-order valence-electron chi connectivity index (χ4n) is 1.01. The Hall–Kier alpha value is -1.54. The second kappa shape index (κ2) is 5.37. The molecule has 0 atom stereocenters. The number of nitrogens with one attached hydrogen (secondary N) is 1. The van der Waals surface area contributed by atoms with Gasteiger partial charge in [0.25, 0.3) is 0 Å². The largest absolute Gasteiger partial charge is 0.326 e. The molecule has 15 heavy (non-hydrogen) atoms. The number of carbonyl (C=O) groups excluding carboxylic acids is 1. The fraction of sp³-hybridized carbons (Fsp3) is 0.200. The van der Waals surface area contributed by atoms with Crippen molar-refractivity contribution in [2.24, 2.45) is 0 Å². The minimum atomic E-state index is -0.593. The lowest BCUT2D eigenvalue weighted by atomic mass is 10.2. The number of halogens is 1. The van der Waals surface area contributed by atoms with Crippen molar-refractivity contribution in [3.8, 4) is 6.07 Å². The zero-order chi connectivity index (χ0) is 11.3. The van der Waals surface area contributed by atoms with Crippen LogP contribution >= 0.6 is 12.6 Å². The second-order valence-corrected chi connectivity index (χ2v) is 3.28. The first-order valence-corrected chi connectivity index (χ1v) is 4.91. The second-order valence-electron chi connectivity index (χ2n) is 2.83. The zero-order valence-electron chi connectivity index (χ0n) is 7.83. The quantitative estimate of drug-likeness (QED) is 0.771. The van der Waals surface area contributed by atoms with Crippen molar-refractivity contribution in [1.29, 1.82) is 5.26 Å². The van der Waals surface area contributed by atoms with Crippen LogP contribution in [-0.4, -0.2) is 11.7 Å². The summed E-state index contributed by atoms with van der Waals surface area (Å²) in [4.78, 5) is 11.2. The number of anilines is 1. The van der Waals surface area contributed by atoms with Gasteiger partial charge in [-0.3, -0.25) is 4.79 Å². The topological polar surface area (TPSA) is 52.9 Å². The van der Waals surface area contributed by atoms with E-state index in [1.165, 1.54) is 12.1 Å².